The van der Waals surface area contributed by atoms with Crippen molar-refractivity contribution in [3.8, 4) is 5.75 Å². The molecule has 3 aromatic rings. The van der Waals surface area contributed by atoms with Crippen LogP contribution in [0, 0.1) is 5.92 Å². The molecular weight excluding hydrogens is 404 g/mol. The molecule has 1 atom stereocenters. The van der Waals surface area contributed by atoms with Crippen LogP contribution in [0.1, 0.15) is 40.5 Å². The van der Waals surface area contributed by atoms with E-state index in [0.717, 1.165) is 6.42 Å². The van der Waals surface area contributed by atoms with E-state index in [4.69, 9.17) is 14.2 Å². The van der Waals surface area contributed by atoms with Crippen LogP contribution in [-0.4, -0.2) is 31.8 Å². The lowest BCUT2D eigenvalue weighted by Gasteiger charge is -2.45. The third kappa shape index (κ3) is 4.04. The number of carbonyl (C=O) groups is 2. The third-order valence-corrected chi connectivity index (χ3v) is 6.30. The van der Waals surface area contributed by atoms with Crippen molar-refractivity contribution in [1.82, 2.24) is 0 Å². The van der Waals surface area contributed by atoms with Gasteiger partial charge in [-0.2, -0.15) is 0 Å². The van der Waals surface area contributed by atoms with Crippen LogP contribution in [0.4, 0.5) is 0 Å². The molecule has 0 radical (unpaired) electrons. The molecule has 0 amide bonds. The molecule has 32 heavy (non-hydrogen) atoms. The van der Waals surface area contributed by atoms with Crippen molar-refractivity contribution >= 4 is 11.9 Å². The second-order valence-corrected chi connectivity index (χ2v) is 8.25. The molecule has 3 aliphatic carbocycles. The van der Waals surface area contributed by atoms with Crippen LogP contribution >= 0.6 is 0 Å². The Labute approximate surface area is 186 Å². The van der Waals surface area contributed by atoms with Crippen LogP contribution in [-0.2, 0) is 19.1 Å². The molecule has 0 spiro atoms. The normalized spacial score (nSPS) is 20.2. The first-order valence-corrected chi connectivity index (χ1v) is 10.9. The fourth-order valence-corrected chi connectivity index (χ4v) is 5.03. The minimum atomic E-state index is -0.554. The molecule has 0 aromatic heterocycles. The fraction of sp³-hybridized carbons (Fsp3) is 0.259. The Morgan fingerprint density at radius 3 is 1.94 bits per heavy atom. The minimum Gasteiger partial charge on any atom is -0.464 e. The molecule has 0 saturated heterocycles. The van der Waals surface area contributed by atoms with Crippen molar-refractivity contribution in [3.63, 3.8) is 0 Å². The molecule has 5 nitrogen and oxygen atoms in total. The molecule has 1 unspecified atom stereocenters. The molecule has 0 saturated carbocycles. The molecule has 0 heterocycles. The lowest BCUT2D eigenvalue weighted by Crippen LogP contribution is -2.35. The standard InChI is InChI=1S/C27H24O5/c28-25(16-30-17-26(29)32-19-8-2-1-3-9-19)31-15-18-14-24-20-10-4-6-12-22(20)27(18)23-13-7-5-11-21(23)24/h1-13,18,24,27H,14-17H2. The largest absolute Gasteiger partial charge is 0.464 e. The van der Waals surface area contributed by atoms with Crippen LogP contribution in [0.25, 0.3) is 0 Å². The van der Waals surface area contributed by atoms with E-state index < -0.39 is 11.9 Å². The van der Waals surface area contributed by atoms with Crippen molar-refractivity contribution < 1.29 is 23.8 Å². The Morgan fingerprint density at radius 1 is 0.719 bits per heavy atom. The smallest absolute Gasteiger partial charge is 0.337 e. The molecule has 0 N–H and O–H groups in total. The van der Waals surface area contributed by atoms with Crippen molar-refractivity contribution in [3.05, 3.63) is 101 Å². The molecule has 0 fully saturated rings. The maximum atomic E-state index is 12.2. The van der Waals surface area contributed by atoms with Crippen LogP contribution in [0.2, 0.25) is 0 Å². The molecule has 5 heteroatoms. The summed E-state index contributed by atoms with van der Waals surface area (Å²) >= 11 is 0. The number of hydrogen-bond donors (Lipinski definition) is 0. The predicted octanol–water partition coefficient (Wildman–Crippen LogP) is 4.45. The Kier molecular flexibility index (Phi) is 5.73. The fourth-order valence-electron chi connectivity index (χ4n) is 5.03. The van der Waals surface area contributed by atoms with Gasteiger partial charge in [-0.3, -0.25) is 0 Å². The van der Waals surface area contributed by atoms with Crippen LogP contribution in [0.15, 0.2) is 78.9 Å². The van der Waals surface area contributed by atoms with Gasteiger partial charge in [-0.15, -0.1) is 0 Å². The van der Waals surface area contributed by atoms with Gasteiger partial charge >= 0.3 is 11.9 Å². The zero-order valence-electron chi connectivity index (χ0n) is 17.6. The average Bonchev–Trinajstić information content (AvgIpc) is 2.83. The van der Waals surface area contributed by atoms with Gasteiger partial charge in [0.2, 0.25) is 0 Å². The Morgan fingerprint density at radius 2 is 1.28 bits per heavy atom. The van der Waals surface area contributed by atoms with E-state index in [0.29, 0.717) is 18.3 Å². The lowest BCUT2D eigenvalue weighted by atomic mass is 9.59. The SMILES string of the molecule is O=C(COCC(=O)Oc1ccccc1)OCC1CC2c3ccccc3C1c1ccccc12. The Hall–Kier alpha value is -3.44. The molecule has 3 aliphatic rings. The van der Waals surface area contributed by atoms with Crippen LogP contribution < -0.4 is 4.74 Å². The number of fused-ring (bicyclic) bond motifs is 1. The van der Waals surface area contributed by atoms with Gasteiger partial charge in [-0.05, 0) is 40.8 Å². The first kappa shape index (κ1) is 20.5. The van der Waals surface area contributed by atoms with Gasteiger partial charge in [-0.1, -0.05) is 66.7 Å². The summed E-state index contributed by atoms with van der Waals surface area (Å²) in [5.41, 5.74) is 5.45. The summed E-state index contributed by atoms with van der Waals surface area (Å²) in [6, 6.07) is 25.9. The van der Waals surface area contributed by atoms with Gasteiger partial charge in [0.1, 0.15) is 19.0 Å². The maximum Gasteiger partial charge on any atom is 0.337 e. The number of benzene rings is 3. The summed E-state index contributed by atoms with van der Waals surface area (Å²) in [6.45, 7) is -0.253. The topological polar surface area (TPSA) is 61.8 Å². The van der Waals surface area contributed by atoms with Gasteiger partial charge in [0.15, 0.2) is 0 Å². The molecule has 6 rings (SSSR count). The highest BCUT2D eigenvalue weighted by molar-refractivity contribution is 5.75. The summed E-state index contributed by atoms with van der Waals surface area (Å²) < 4.78 is 15.9. The number of carbonyl (C=O) groups excluding carboxylic acids is 2. The number of esters is 2. The van der Waals surface area contributed by atoms with Gasteiger partial charge in [0, 0.05) is 17.8 Å². The van der Waals surface area contributed by atoms with Crippen LogP contribution in [0.5, 0.6) is 5.75 Å². The molecular formula is C27H24O5. The highest BCUT2D eigenvalue weighted by atomic mass is 16.6. The molecule has 2 bridgehead atoms. The first-order chi connectivity index (χ1) is 15.7. The number of para-hydroxylation sites is 1. The van der Waals surface area contributed by atoms with E-state index in [1.165, 1.54) is 22.3 Å². The predicted molar refractivity (Wildman–Crippen MR) is 119 cm³/mol. The van der Waals surface area contributed by atoms with Gasteiger partial charge in [-0.25, -0.2) is 9.59 Å². The summed E-state index contributed by atoms with van der Waals surface area (Å²) in [4.78, 5) is 24.0. The second-order valence-electron chi connectivity index (χ2n) is 8.25. The lowest BCUT2D eigenvalue weighted by molar-refractivity contribution is -0.153. The zero-order chi connectivity index (χ0) is 21.9. The van der Waals surface area contributed by atoms with E-state index in [2.05, 4.69) is 48.5 Å². The summed E-state index contributed by atoms with van der Waals surface area (Å²) in [7, 11) is 0. The third-order valence-electron chi connectivity index (χ3n) is 6.30. The quantitative estimate of drug-likeness (QED) is 0.411. The summed E-state index contributed by atoms with van der Waals surface area (Å²) in [5.74, 6) is 0.192. The van der Waals surface area contributed by atoms with E-state index >= 15 is 0 Å². The summed E-state index contributed by atoms with van der Waals surface area (Å²) in [5, 5.41) is 0. The average molecular weight is 428 g/mol. The van der Waals surface area contributed by atoms with Crippen molar-refractivity contribution in [2.45, 2.75) is 18.3 Å². The monoisotopic (exact) mass is 428 g/mol. The van der Waals surface area contributed by atoms with Gasteiger partial charge < -0.3 is 14.2 Å². The highest BCUT2D eigenvalue weighted by Gasteiger charge is 2.43. The van der Waals surface area contributed by atoms with Gasteiger partial charge in [0.05, 0.1) is 6.61 Å². The van der Waals surface area contributed by atoms with Gasteiger partial charge in [0.25, 0.3) is 0 Å². The zero-order valence-corrected chi connectivity index (χ0v) is 17.6. The number of hydrogen-bond acceptors (Lipinski definition) is 5. The maximum absolute atomic E-state index is 12.2. The molecule has 0 aliphatic heterocycles. The van der Waals surface area contributed by atoms with E-state index in [-0.39, 0.29) is 25.0 Å². The van der Waals surface area contributed by atoms with E-state index in [1.807, 2.05) is 6.07 Å². The van der Waals surface area contributed by atoms with E-state index in [1.54, 1.807) is 24.3 Å². The second kappa shape index (κ2) is 8.97. The first-order valence-electron chi connectivity index (χ1n) is 10.9. The molecule has 162 valence electrons. The highest BCUT2D eigenvalue weighted by Crippen LogP contribution is 2.55. The summed E-state index contributed by atoms with van der Waals surface area (Å²) in [6.07, 6.45) is 0.955. The van der Waals surface area contributed by atoms with Crippen LogP contribution in [0.3, 0.4) is 0 Å². The Bertz CT molecular complexity index is 1080. The number of ether oxygens (including phenoxy) is 3. The number of rotatable bonds is 7. The van der Waals surface area contributed by atoms with Crippen molar-refractivity contribution in [1.29, 1.82) is 0 Å². The molecule has 3 aromatic carbocycles. The van der Waals surface area contributed by atoms with Crippen molar-refractivity contribution in [2.75, 3.05) is 19.8 Å². The minimum absolute atomic E-state index is 0.219. The van der Waals surface area contributed by atoms with E-state index in [9.17, 15) is 9.59 Å². The van der Waals surface area contributed by atoms with Crippen molar-refractivity contribution in [2.24, 2.45) is 5.92 Å². The Balaban J connectivity index is 1.16.